The number of hydrogen-bond donors (Lipinski definition) is 1. The number of halogens is 1. The third-order valence-electron chi connectivity index (χ3n) is 3.87. The van der Waals surface area contributed by atoms with E-state index in [1.54, 1.807) is 0 Å². The molecular weight excluding hydrogens is 230 g/mol. The van der Waals surface area contributed by atoms with Gasteiger partial charge < -0.3 is 5.32 Å². The standard InChI is InChI=1S/C15H22ClN/c1-11-7-9-13(10-8-11)17-12(2)14-5-3-4-6-15(14)16/h3-6,11-13,17H,7-10H2,1-2H3/t11?,12-,13?/m1/s1. The van der Waals surface area contributed by atoms with E-state index >= 15 is 0 Å². The van der Waals surface area contributed by atoms with Crippen molar-refractivity contribution in [1.29, 1.82) is 0 Å². The van der Waals surface area contributed by atoms with Crippen molar-refractivity contribution in [3.8, 4) is 0 Å². The molecule has 0 radical (unpaired) electrons. The smallest absolute Gasteiger partial charge is 0.0453 e. The summed E-state index contributed by atoms with van der Waals surface area (Å²) in [6.45, 7) is 4.56. The summed E-state index contributed by atoms with van der Waals surface area (Å²) in [7, 11) is 0. The van der Waals surface area contributed by atoms with Crippen molar-refractivity contribution in [1.82, 2.24) is 5.32 Å². The van der Waals surface area contributed by atoms with Gasteiger partial charge in [0.25, 0.3) is 0 Å². The summed E-state index contributed by atoms with van der Waals surface area (Å²) < 4.78 is 0. The fourth-order valence-electron chi connectivity index (χ4n) is 2.70. The van der Waals surface area contributed by atoms with Gasteiger partial charge in [-0.2, -0.15) is 0 Å². The Morgan fingerprint density at radius 2 is 1.82 bits per heavy atom. The van der Waals surface area contributed by atoms with Gasteiger partial charge in [0.1, 0.15) is 0 Å². The lowest BCUT2D eigenvalue weighted by Gasteiger charge is -2.30. The molecule has 0 unspecified atom stereocenters. The van der Waals surface area contributed by atoms with Crippen molar-refractivity contribution in [3.63, 3.8) is 0 Å². The molecule has 1 aliphatic carbocycles. The molecule has 1 N–H and O–H groups in total. The van der Waals surface area contributed by atoms with E-state index in [0.29, 0.717) is 12.1 Å². The summed E-state index contributed by atoms with van der Waals surface area (Å²) in [5, 5.41) is 4.58. The summed E-state index contributed by atoms with van der Waals surface area (Å²) in [5.74, 6) is 0.906. The maximum atomic E-state index is 6.22. The highest BCUT2D eigenvalue weighted by Crippen LogP contribution is 2.27. The van der Waals surface area contributed by atoms with Gasteiger partial charge in [-0.05, 0) is 50.2 Å². The highest BCUT2D eigenvalue weighted by molar-refractivity contribution is 6.31. The van der Waals surface area contributed by atoms with Gasteiger partial charge in [0.05, 0.1) is 0 Å². The van der Waals surface area contributed by atoms with Crippen LogP contribution in [0.15, 0.2) is 24.3 Å². The van der Waals surface area contributed by atoms with Crippen molar-refractivity contribution >= 4 is 11.6 Å². The number of hydrogen-bond acceptors (Lipinski definition) is 1. The van der Waals surface area contributed by atoms with E-state index in [9.17, 15) is 0 Å². The molecule has 1 atom stereocenters. The Morgan fingerprint density at radius 1 is 1.18 bits per heavy atom. The highest BCUT2D eigenvalue weighted by atomic mass is 35.5. The lowest BCUT2D eigenvalue weighted by atomic mass is 9.87. The van der Waals surface area contributed by atoms with Crippen molar-refractivity contribution in [2.75, 3.05) is 0 Å². The second-order valence-corrected chi connectivity index (χ2v) is 5.77. The van der Waals surface area contributed by atoms with Crippen LogP contribution in [0.3, 0.4) is 0 Å². The molecule has 1 saturated carbocycles. The quantitative estimate of drug-likeness (QED) is 0.830. The first-order valence-electron chi connectivity index (χ1n) is 6.67. The van der Waals surface area contributed by atoms with E-state index in [1.807, 2.05) is 12.1 Å². The summed E-state index contributed by atoms with van der Waals surface area (Å²) in [4.78, 5) is 0. The summed E-state index contributed by atoms with van der Waals surface area (Å²) in [5.41, 5.74) is 1.22. The van der Waals surface area contributed by atoms with Crippen LogP contribution >= 0.6 is 11.6 Å². The molecule has 2 heteroatoms. The minimum absolute atomic E-state index is 0.349. The van der Waals surface area contributed by atoms with Gasteiger partial charge in [0.2, 0.25) is 0 Å². The Bertz CT molecular complexity index is 356. The molecular formula is C15H22ClN. The zero-order valence-corrected chi connectivity index (χ0v) is 11.5. The normalized spacial score (nSPS) is 26.8. The lowest BCUT2D eigenvalue weighted by Crippen LogP contribution is -2.34. The molecule has 1 aromatic carbocycles. The van der Waals surface area contributed by atoms with E-state index in [1.165, 1.54) is 31.2 Å². The molecule has 1 aliphatic rings. The van der Waals surface area contributed by atoms with E-state index in [0.717, 1.165) is 10.9 Å². The van der Waals surface area contributed by atoms with Gasteiger partial charge in [-0.15, -0.1) is 0 Å². The van der Waals surface area contributed by atoms with Crippen molar-refractivity contribution in [3.05, 3.63) is 34.9 Å². The van der Waals surface area contributed by atoms with Gasteiger partial charge >= 0.3 is 0 Å². The van der Waals surface area contributed by atoms with E-state index < -0.39 is 0 Å². The molecule has 0 heterocycles. The molecule has 0 spiro atoms. The molecule has 94 valence electrons. The molecule has 0 aromatic heterocycles. The summed E-state index contributed by atoms with van der Waals surface area (Å²) in [6.07, 6.45) is 5.31. The largest absolute Gasteiger partial charge is 0.307 e. The monoisotopic (exact) mass is 251 g/mol. The van der Waals surface area contributed by atoms with E-state index in [-0.39, 0.29) is 0 Å². The average molecular weight is 252 g/mol. The Labute approximate surface area is 110 Å². The maximum absolute atomic E-state index is 6.22. The van der Waals surface area contributed by atoms with Crippen LogP contribution in [0.4, 0.5) is 0 Å². The van der Waals surface area contributed by atoms with Gasteiger partial charge in [-0.1, -0.05) is 36.7 Å². The fourth-order valence-corrected chi connectivity index (χ4v) is 3.00. The molecule has 0 saturated heterocycles. The van der Waals surface area contributed by atoms with Crippen molar-refractivity contribution in [2.45, 2.75) is 51.6 Å². The third kappa shape index (κ3) is 3.46. The molecule has 0 aliphatic heterocycles. The van der Waals surface area contributed by atoms with Crippen LogP contribution in [0.25, 0.3) is 0 Å². The minimum atomic E-state index is 0.349. The van der Waals surface area contributed by atoms with Crippen LogP contribution in [0.5, 0.6) is 0 Å². The Hall–Kier alpha value is -0.530. The van der Waals surface area contributed by atoms with Crippen LogP contribution in [0.1, 0.15) is 51.1 Å². The molecule has 0 bridgehead atoms. The van der Waals surface area contributed by atoms with Crippen LogP contribution in [-0.2, 0) is 0 Å². The average Bonchev–Trinajstić information content (AvgIpc) is 2.32. The van der Waals surface area contributed by atoms with E-state index in [4.69, 9.17) is 11.6 Å². The van der Waals surface area contributed by atoms with Gasteiger partial charge in [-0.3, -0.25) is 0 Å². The Kier molecular flexibility index (Phi) is 4.47. The lowest BCUT2D eigenvalue weighted by molar-refractivity contribution is 0.292. The molecule has 0 amide bonds. The Balaban J connectivity index is 1.93. The molecule has 1 nitrogen and oxygen atoms in total. The first-order chi connectivity index (χ1) is 8.16. The summed E-state index contributed by atoms with van der Waals surface area (Å²) >= 11 is 6.22. The van der Waals surface area contributed by atoms with Crippen LogP contribution in [0.2, 0.25) is 5.02 Å². The van der Waals surface area contributed by atoms with Gasteiger partial charge in [-0.25, -0.2) is 0 Å². The van der Waals surface area contributed by atoms with Crippen molar-refractivity contribution in [2.24, 2.45) is 5.92 Å². The first-order valence-corrected chi connectivity index (χ1v) is 7.05. The predicted molar refractivity (Wildman–Crippen MR) is 74.4 cm³/mol. The zero-order valence-electron chi connectivity index (χ0n) is 10.7. The van der Waals surface area contributed by atoms with Gasteiger partial charge in [0, 0.05) is 17.1 Å². The molecule has 17 heavy (non-hydrogen) atoms. The van der Waals surface area contributed by atoms with E-state index in [2.05, 4.69) is 31.3 Å². The molecule has 1 aromatic rings. The SMILES string of the molecule is CC1CCC(N[C@H](C)c2ccccc2Cl)CC1. The van der Waals surface area contributed by atoms with Crippen molar-refractivity contribution < 1.29 is 0 Å². The second-order valence-electron chi connectivity index (χ2n) is 5.37. The third-order valence-corrected chi connectivity index (χ3v) is 4.22. The Morgan fingerprint density at radius 3 is 2.47 bits per heavy atom. The fraction of sp³-hybridized carbons (Fsp3) is 0.600. The van der Waals surface area contributed by atoms with Crippen LogP contribution in [-0.4, -0.2) is 6.04 Å². The first kappa shape index (κ1) is 12.9. The van der Waals surface area contributed by atoms with Crippen LogP contribution < -0.4 is 5.32 Å². The molecule has 2 rings (SSSR count). The predicted octanol–water partition coefficient (Wildman–Crippen LogP) is 4.57. The highest BCUT2D eigenvalue weighted by Gasteiger charge is 2.20. The number of rotatable bonds is 3. The van der Waals surface area contributed by atoms with Gasteiger partial charge in [0.15, 0.2) is 0 Å². The van der Waals surface area contributed by atoms with Crippen LogP contribution in [0, 0.1) is 5.92 Å². The second kappa shape index (κ2) is 5.88. The topological polar surface area (TPSA) is 12.0 Å². The number of nitrogens with one attached hydrogen (secondary N) is 1. The molecule has 1 fully saturated rings. The zero-order chi connectivity index (χ0) is 12.3. The number of benzene rings is 1. The summed E-state index contributed by atoms with van der Waals surface area (Å²) in [6, 6.07) is 9.15. The maximum Gasteiger partial charge on any atom is 0.0453 e. The minimum Gasteiger partial charge on any atom is -0.307 e.